The molecule has 2 heterocycles. The Balaban J connectivity index is 1.89. The van der Waals surface area contributed by atoms with Crippen LogP contribution < -0.4 is 11.2 Å². The smallest absolute Gasteiger partial charge is 0.402 e. The van der Waals surface area contributed by atoms with Gasteiger partial charge in [-0.2, -0.15) is 0 Å². The van der Waals surface area contributed by atoms with Crippen LogP contribution in [0.3, 0.4) is 0 Å². The van der Waals surface area contributed by atoms with Crippen LogP contribution in [-0.4, -0.2) is 29.5 Å². The van der Waals surface area contributed by atoms with Crippen molar-refractivity contribution in [3.63, 3.8) is 0 Å². The fourth-order valence-corrected chi connectivity index (χ4v) is 3.03. The lowest BCUT2D eigenvalue weighted by Gasteiger charge is -2.32. The number of hydrogen-bond acceptors (Lipinski definition) is 5. The van der Waals surface area contributed by atoms with E-state index >= 15 is 4.39 Å². The minimum Gasteiger partial charge on any atom is -0.402 e. The fourth-order valence-electron chi connectivity index (χ4n) is 3.03. The first-order valence-corrected chi connectivity index (χ1v) is 9.73. The van der Waals surface area contributed by atoms with Gasteiger partial charge in [-0.1, -0.05) is 18.2 Å². The number of aromatic nitrogens is 1. The van der Waals surface area contributed by atoms with Gasteiger partial charge in [-0.25, -0.2) is 8.78 Å². The number of aliphatic imine (C=N–C) groups is 1. The molecule has 1 saturated heterocycles. The van der Waals surface area contributed by atoms with Gasteiger partial charge in [-0.15, -0.1) is 0 Å². The molecule has 1 aromatic carbocycles. The highest BCUT2D eigenvalue weighted by molar-refractivity contribution is 6.62. The summed E-state index contributed by atoms with van der Waals surface area (Å²) >= 11 is 0. The van der Waals surface area contributed by atoms with Crippen LogP contribution in [0.25, 0.3) is 5.57 Å². The van der Waals surface area contributed by atoms with Gasteiger partial charge in [0.05, 0.1) is 23.4 Å². The average Bonchev–Trinajstić information content (AvgIpc) is 2.89. The largest absolute Gasteiger partial charge is 0.497 e. The number of allylic oxidation sites excluding steroid dienone is 2. The molecule has 0 saturated carbocycles. The van der Waals surface area contributed by atoms with Gasteiger partial charge in [0, 0.05) is 34.7 Å². The normalized spacial score (nSPS) is 18.7. The summed E-state index contributed by atoms with van der Waals surface area (Å²) < 4.78 is 41.7. The van der Waals surface area contributed by atoms with Crippen molar-refractivity contribution in [2.75, 3.05) is 0 Å². The van der Waals surface area contributed by atoms with Crippen molar-refractivity contribution in [2.45, 2.75) is 52.4 Å². The molecule has 0 amide bonds. The van der Waals surface area contributed by atoms with Crippen molar-refractivity contribution >= 4 is 24.4 Å². The van der Waals surface area contributed by atoms with Gasteiger partial charge in [-0.3, -0.25) is 9.98 Å². The molecule has 2 aromatic rings. The third-order valence-corrected chi connectivity index (χ3v) is 5.53. The van der Waals surface area contributed by atoms with Crippen molar-refractivity contribution in [2.24, 2.45) is 10.7 Å². The van der Waals surface area contributed by atoms with E-state index < -0.39 is 30.0 Å². The van der Waals surface area contributed by atoms with Crippen molar-refractivity contribution in [3.8, 4) is 0 Å². The summed E-state index contributed by atoms with van der Waals surface area (Å²) in [6, 6.07) is 8.42. The quantitative estimate of drug-likeness (QED) is 0.601. The lowest BCUT2D eigenvalue weighted by atomic mass is 9.77. The monoisotopic (exact) mass is 413 g/mol. The molecular weight excluding hydrogens is 387 g/mol. The second kappa shape index (κ2) is 8.28. The molecule has 2 N–H and O–H groups in total. The van der Waals surface area contributed by atoms with E-state index in [4.69, 9.17) is 15.0 Å². The molecule has 30 heavy (non-hydrogen) atoms. The minimum absolute atomic E-state index is 0.00866. The van der Waals surface area contributed by atoms with Crippen molar-refractivity contribution in [3.05, 3.63) is 65.1 Å². The zero-order valence-corrected chi connectivity index (χ0v) is 17.9. The maximum Gasteiger partial charge on any atom is 0.497 e. The first-order chi connectivity index (χ1) is 14.0. The van der Waals surface area contributed by atoms with Crippen LogP contribution in [0.4, 0.5) is 8.78 Å². The van der Waals surface area contributed by atoms with E-state index in [1.165, 1.54) is 18.3 Å². The Morgan fingerprint density at radius 2 is 1.77 bits per heavy atom. The van der Waals surface area contributed by atoms with Crippen LogP contribution in [-0.2, 0) is 15.9 Å². The summed E-state index contributed by atoms with van der Waals surface area (Å²) in [5.41, 5.74) is 6.04. The summed E-state index contributed by atoms with van der Waals surface area (Å²) in [4.78, 5) is 8.47. The molecule has 8 heteroatoms. The van der Waals surface area contributed by atoms with Gasteiger partial charge < -0.3 is 15.0 Å². The zero-order valence-electron chi connectivity index (χ0n) is 17.9. The first kappa shape index (κ1) is 22.1. The Labute approximate surface area is 176 Å². The summed E-state index contributed by atoms with van der Waals surface area (Å²) in [5.74, 6) is -2.05. The highest BCUT2D eigenvalue weighted by Crippen LogP contribution is 2.37. The standard InChI is InChI=1S/C22H26BF2N3O2/c1-14(26)17(13-27-12-15-8-6-7-11-28-15)16-9-10-18(20(25)19(16)24)23-29-21(2,3)22(4,5)30-23/h6-11,13H,12,26H2,1-5H3/b17-14+,27-13?. The molecule has 1 fully saturated rings. The van der Waals surface area contributed by atoms with Crippen LogP contribution in [0.15, 0.2) is 47.2 Å². The van der Waals surface area contributed by atoms with Crippen LogP contribution in [0.2, 0.25) is 0 Å². The molecule has 158 valence electrons. The topological polar surface area (TPSA) is 69.7 Å². The van der Waals surface area contributed by atoms with Gasteiger partial charge in [0.2, 0.25) is 0 Å². The molecular formula is C22H26BF2N3O2. The van der Waals surface area contributed by atoms with Gasteiger partial charge in [0.15, 0.2) is 11.6 Å². The van der Waals surface area contributed by atoms with Crippen molar-refractivity contribution in [1.82, 2.24) is 4.98 Å². The van der Waals surface area contributed by atoms with Gasteiger partial charge >= 0.3 is 7.12 Å². The second-order valence-corrected chi connectivity index (χ2v) is 8.31. The van der Waals surface area contributed by atoms with Gasteiger partial charge in [0.25, 0.3) is 0 Å². The Hall–Kier alpha value is -2.58. The summed E-state index contributed by atoms with van der Waals surface area (Å²) in [5, 5.41) is 0. The number of hydrogen-bond donors (Lipinski definition) is 1. The summed E-state index contributed by atoms with van der Waals surface area (Å²) in [7, 11) is -0.997. The molecule has 5 nitrogen and oxygen atoms in total. The van der Waals surface area contributed by atoms with E-state index in [1.54, 1.807) is 13.1 Å². The molecule has 3 rings (SSSR count). The Bertz CT molecular complexity index is 971. The van der Waals surface area contributed by atoms with E-state index in [1.807, 2.05) is 45.9 Å². The molecule has 1 aliphatic heterocycles. The molecule has 0 aliphatic carbocycles. The van der Waals surface area contributed by atoms with Gasteiger partial charge in [0.1, 0.15) is 0 Å². The highest BCUT2D eigenvalue weighted by Gasteiger charge is 2.52. The van der Waals surface area contributed by atoms with Crippen LogP contribution in [0, 0.1) is 11.6 Å². The number of pyridine rings is 1. The molecule has 1 aliphatic rings. The average molecular weight is 413 g/mol. The molecule has 0 bridgehead atoms. The maximum atomic E-state index is 15.0. The Kier molecular flexibility index (Phi) is 6.10. The minimum atomic E-state index is -1.03. The molecule has 0 atom stereocenters. The number of benzene rings is 1. The molecule has 0 unspecified atom stereocenters. The Morgan fingerprint density at radius 1 is 1.10 bits per heavy atom. The Morgan fingerprint density at radius 3 is 2.33 bits per heavy atom. The SMILES string of the molecule is C/C(N)=C(/C=NCc1ccccn1)c1ccc(B2OC(C)(C)C(C)(C)O2)c(F)c1F. The third kappa shape index (κ3) is 4.30. The van der Waals surface area contributed by atoms with E-state index in [-0.39, 0.29) is 11.0 Å². The van der Waals surface area contributed by atoms with Crippen molar-refractivity contribution in [1.29, 1.82) is 0 Å². The zero-order chi connectivity index (χ0) is 22.1. The number of nitrogens with zero attached hydrogens (tertiary/aromatic N) is 2. The van der Waals surface area contributed by atoms with E-state index in [2.05, 4.69) is 9.98 Å². The molecule has 0 radical (unpaired) electrons. The maximum absolute atomic E-state index is 15.0. The summed E-state index contributed by atoms with van der Waals surface area (Å²) in [6.07, 6.45) is 3.11. The number of rotatable bonds is 5. The van der Waals surface area contributed by atoms with E-state index in [9.17, 15) is 4.39 Å². The van der Waals surface area contributed by atoms with Crippen LogP contribution in [0.1, 0.15) is 45.9 Å². The third-order valence-electron chi connectivity index (χ3n) is 5.53. The van der Waals surface area contributed by atoms with E-state index in [0.29, 0.717) is 17.8 Å². The lowest BCUT2D eigenvalue weighted by Crippen LogP contribution is -2.41. The second-order valence-electron chi connectivity index (χ2n) is 8.31. The first-order valence-electron chi connectivity index (χ1n) is 9.73. The molecule has 0 spiro atoms. The van der Waals surface area contributed by atoms with Crippen molar-refractivity contribution < 1.29 is 18.1 Å². The van der Waals surface area contributed by atoms with Gasteiger partial charge in [-0.05, 0) is 46.8 Å². The predicted molar refractivity (Wildman–Crippen MR) is 115 cm³/mol. The number of halogens is 2. The van der Waals surface area contributed by atoms with Crippen LogP contribution >= 0.6 is 0 Å². The predicted octanol–water partition coefficient (Wildman–Crippen LogP) is 3.62. The lowest BCUT2D eigenvalue weighted by molar-refractivity contribution is 0.00578. The van der Waals surface area contributed by atoms with Crippen LogP contribution in [0.5, 0.6) is 0 Å². The highest BCUT2D eigenvalue weighted by atomic mass is 19.2. The molecule has 1 aromatic heterocycles. The summed E-state index contributed by atoms with van der Waals surface area (Å²) in [6.45, 7) is 9.33. The number of nitrogens with two attached hydrogens (primary N) is 1. The fraction of sp³-hybridized carbons (Fsp3) is 0.364. The van der Waals surface area contributed by atoms with E-state index in [0.717, 1.165) is 5.69 Å².